The first kappa shape index (κ1) is 35.7. The number of carbonyl (C=O) groups excluding carboxylic acids is 2. The van der Waals surface area contributed by atoms with Crippen LogP contribution in [0.5, 0.6) is 5.75 Å². The standard InChI is InChI=1S/C37H42BrN3O5S/c1-5-28(4)39-37(43)35(24-29-10-8-7-9-11-29)40(25-30-14-16-31(38)17-15-30)36(42)26-41(32-18-20-33(21-19-32)46-6-2)47(44,45)34-22-12-27(3)13-23-34/h7-23,28,35H,5-6,24-26H2,1-4H3,(H,39,43). The minimum Gasteiger partial charge on any atom is -0.494 e. The summed E-state index contributed by atoms with van der Waals surface area (Å²) in [7, 11) is -4.19. The smallest absolute Gasteiger partial charge is 0.264 e. The van der Waals surface area contributed by atoms with Gasteiger partial charge in [-0.3, -0.25) is 13.9 Å². The van der Waals surface area contributed by atoms with Crippen LogP contribution in [0.4, 0.5) is 5.69 Å². The molecule has 248 valence electrons. The average Bonchev–Trinajstić information content (AvgIpc) is 3.07. The molecule has 0 aliphatic heterocycles. The third kappa shape index (κ3) is 9.68. The summed E-state index contributed by atoms with van der Waals surface area (Å²) in [6, 6.07) is 29.1. The predicted molar refractivity (Wildman–Crippen MR) is 190 cm³/mol. The normalized spacial score (nSPS) is 12.5. The van der Waals surface area contributed by atoms with Gasteiger partial charge in [-0.1, -0.05) is 83.0 Å². The Morgan fingerprint density at radius 1 is 0.851 bits per heavy atom. The van der Waals surface area contributed by atoms with Crippen molar-refractivity contribution in [2.45, 2.75) is 64.1 Å². The summed E-state index contributed by atoms with van der Waals surface area (Å²) in [5.41, 5.74) is 2.88. The number of hydrogen-bond acceptors (Lipinski definition) is 5. The highest BCUT2D eigenvalue weighted by atomic mass is 79.9. The van der Waals surface area contributed by atoms with Gasteiger partial charge in [0.25, 0.3) is 10.0 Å². The second-order valence-corrected chi connectivity index (χ2v) is 14.2. The van der Waals surface area contributed by atoms with Crippen molar-refractivity contribution in [2.24, 2.45) is 0 Å². The molecule has 0 radical (unpaired) electrons. The number of halogens is 1. The zero-order valence-corrected chi connectivity index (χ0v) is 29.6. The number of benzene rings is 4. The van der Waals surface area contributed by atoms with Gasteiger partial charge in [0.05, 0.1) is 17.2 Å². The van der Waals surface area contributed by atoms with Crippen LogP contribution in [0.3, 0.4) is 0 Å². The number of nitrogens with zero attached hydrogens (tertiary/aromatic N) is 2. The molecule has 0 heterocycles. The average molecular weight is 721 g/mol. The molecule has 2 amide bonds. The van der Waals surface area contributed by atoms with Crippen molar-refractivity contribution in [3.8, 4) is 5.75 Å². The fourth-order valence-corrected chi connectivity index (χ4v) is 6.70. The highest BCUT2D eigenvalue weighted by Gasteiger charge is 2.35. The van der Waals surface area contributed by atoms with Crippen molar-refractivity contribution in [1.82, 2.24) is 10.2 Å². The lowest BCUT2D eigenvalue weighted by molar-refractivity contribution is -0.140. The third-order valence-electron chi connectivity index (χ3n) is 7.86. The monoisotopic (exact) mass is 719 g/mol. The molecule has 4 aromatic carbocycles. The van der Waals surface area contributed by atoms with Crippen LogP contribution in [0.2, 0.25) is 0 Å². The van der Waals surface area contributed by atoms with Crippen molar-refractivity contribution in [3.63, 3.8) is 0 Å². The maximum atomic E-state index is 14.6. The fraction of sp³-hybridized carbons (Fsp3) is 0.297. The highest BCUT2D eigenvalue weighted by Crippen LogP contribution is 2.27. The van der Waals surface area contributed by atoms with Crippen LogP contribution >= 0.6 is 15.9 Å². The molecule has 0 aliphatic carbocycles. The Morgan fingerprint density at radius 2 is 1.49 bits per heavy atom. The third-order valence-corrected chi connectivity index (χ3v) is 10.2. The van der Waals surface area contributed by atoms with Gasteiger partial charge in [0.15, 0.2) is 0 Å². The Hall–Kier alpha value is -4.15. The Bertz CT molecular complexity index is 1720. The van der Waals surface area contributed by atoms with Crippen molar-refractivity contribution >= 4 is 43.5 Å². The lowest BCUT2D eigenvalue weighted by Crippen LogP contribution is -2.54. The molecule has 0 spiro atoms. The second kappa shape index (κ2) is 16.6. The van der Waals surface area contributed by atoms with Crippen LogP contribution in [-0.2, 0) is 32.6 Å². The van der Waals surface area contributed by atoms with E-state index in [4.69, 9.17) is 4.74 Å². The quantitative estimate of drug-likeness (QED) is 0.144. The van der Waals surface area contributed by atoms with Crippen LogP contribution in [0.15, 0.2) is 112 Å². The summed E-state index contributed by atoms with van der Waals surface area (Å²) >= 11 is 3.47. The van der Waals surface area contributed by atoms with Gasteiger partial charge < -0.3 is 15.0 Å². The molecule has 0 saturated carbocycles. The molecule has 0 aromatic heterocycles. The zero-order valence-electron chi connectivity index (χ0n) is 27.2. The number of sulfonamides is 1. The number of amides is 2. The van der Waals surface area contributed by atoms with Crippen molar-refractivity contribution in [2.75, 3.05) is 17.5 Å². The van der Waals surface area contributed by atoms with Crippen LogP contribution in [0, 0.1) is 6.92 Å². The Labute approximate surface area is 286 Å². The molecule has 0 bridgehead atoms. The van der Waals surface area contributed by atoms with E-state index in [2.05, 4.69) is 21.2 Å². The molecule has 0 aliphatic rings. The first-order valence-corrected chi connectivity index (χ1v) is 18.0. The zero-order chi connectivity index (χ0) is 34.0. The Morgan fingerprint density at radius 3 is 2.09 bits per heavy atom. The van der Waals surface area contributed by atoms with E-state index in [1.807, 2.05) is 82.3 Å². The SMILES string of the molecule is CCOc1ccc(N(CC(=O)N(Cc2ccc(Br)cc2)C(Cc2ccccc2)C(=O)NC(C)CC)S(=O)(=O)c2ccc(C)cc2)cc1. The van der Waals surface area contributed by atoms with Gasteiger partial charge in [-0.15, -0.1) is 0 Å². The fourth-order valence-electron chi connectivity index (χ4n) is 5.02. The number of anilines is 1. The maximum Gasteiger partial charge on any atom is 0.264 e. The van der Waals surface area contributed by atoms with E-state index in [-0.39, 0.29) is 29.8 Å². The molecule has 0 fully saturated rings. The number of rotatable bonds is 15. The lowest BCUT2D eigenvalue weighted by atomic mass is 10.0. The molecule has 8 nitrogen and oxygen atoms in total. The van der Waals surface area contributed by atoms with E-state index >= 15 is 0 Å². The minimum atomic E-state index is -4.19. The van der Waals surface area contributed by atoms with Gasteiger partial charge in [-0.25, -0.2) is 8.42 Å². The molecule has 47 heavy (non-hydrogen) atoms. The predicted octanol–water partition coefficient (Wildman–Crippen LogP) is 6.91. The van der Waals surface area contributed by atoms with Gasteiger partial charge in [0.2, 0.25) is 11.8 Å². The number of nitrogens with one attached hydrogen (secondary N) is 1. The van der Waals surface area contributed by atoms with Crippen molar-refractivity contribution in [3.05, 3.63) is 124 Å². The molecule has 2 unspecified atom stereocenters. The number of aryl methyl sites for hydroxylation is 1. The second-order valence-electron chi connectivity index (χ2n) is 11.4. The molecule has 4 aromatic rings. The first-order chi connectivity index (χ1) is 22.5. The van der Waals surface area contributed by atoms with Gasteiger partial charge >= 0.3 is 0 Å². The Kier molecular flexibility index (Phi) is 12.6. The largest absolute Gasteiger partial charge is 0.494 e. The summed E-state index contributed by atoms with van der Waals surface area (Å²) in [4.78, 5) is 30.1. The van der Waals surface area contributed by atoms with E-state index in [0.29, 0.717) is 24.5 Å². The van der Waals surface area contributed by atoms with Crippen LogP contribution < -0.4 is 14.4 Å². The van der Waals surface area contributed by atoms with Crippen molar-refractivity contribution < 1.29 is 22.7 Å². The number of carbonyl (C=O) groups is 2. The van der Waals surface area contributed by atoms with E-state index in [1.165, 1.54) is 17.0 Å². The first-order valence-electron chi connectivity index (χ1n) is 15.7. The van der Waals surface area contributed by atoms with Gasteiger partial charge in [0.1, 0.15) is 18.3 Å². The van der Waals surface area contributed by atoms with Crippen LogP contribution in [0.25, 0.3) is 0 Å². The van der Waals surface area contributed by atoms with E-state index in [1.54, 1.807) is 36.4 Å². The summed E-state index contributed by atoms with van der Waals surface area (Å²) in [6.45, 7) is 7.66. The molecule has 4 rings (SSSR count). The van der Waals surface area contributed by atoms with Gasteiger partial charge in [-0.2, -0.15) is 0 Å². The van der Waals surface area contributed by atoms with E-state index in [9.17, 15) is 18.0 Å². The molecule has 10 heteroatoms. The summed E-state index contributed by atoms with van der Waals surface area (Å²) in [5, 5.41) is 3.06. The summed E-state index contributed by atoms with van der Waals surface area (Å²) in [6.07, 6.45) is 0.962. The van der Waals surface area contributed by atoms with E-state index < -0.39 is 28.5 Å². The van der Waals surface area contributed by atoms with Gasteiger partial charge in [-0.05, 0) is 86.8 Å². The summed E-state index contributed by atoms with van der Waals surface area (Å²) < 4.78 is 36.0. The van der Waals surface area contributed by atoms with Crippen LogP contribution in [0.1, 0.15) is 43.9 Å². The molecule has 2 atom stereocenters. The number of ether oxygens (including phenoxy) is 1. The van der Waals surface area contributed by atoms with Gasteiger partial charge in [0, 0.05) is 23.5 Å². The molecule has 0 saturated heterocycles. The van der Waals surface area contributed by atoms with E-state index in [0.717, 1.165) is 25.5 Å². The molecular weight excluding hydrogens is 678 g/mol. The topological polar surface area (TPSA) is 96.0 Å². The molecule has 1 N–H and O–H groups in total. The molecular formula is C37H42BrN3O5S. The number of hydrogen-bond donors (Lipinski definition) is 1. The van der Waals surface area contributed by atoms with Crippen molar-refractivity contribution in [1.29, 1.82) is 0 Å². The summed E-state index contributed by atoms with van der Waals surface area (Å²) in [5.74, 6) is -0.239. The highest BCUT2D eigenvalue weighted by molar-refractivity contribution is 9.10. The maximum absolute atomic E-state index is 14.6. The lowest BCUT2D eigenvalue weighted by Gasteiger charge is -2.34. The minimum absolute atomic E-state index is 0.0552. The Balaban J connectivity index is 1.80. The van der Waals surface area contributed by atoms with Crippen LogP contribution in [-0.4, -0.2) is 50.4 Å².